The highest BCUT2D eigenvalue weighted by atomic mass is 16.5. The van der Waals surface area contributed by atoms with E-state index in [1.165, 1.54) is 33.4 Å². The van der Waals surface area contributed by atoms with Crippen LogP contribution < -0.4 is 5.32 Å². The Kier molecular flexibility index (Phi) is 18.4. The van der Waals surface area contributed by atoms with Crippen LogP contribution >= 0.6 is 0 Å². The molecule has 3 aliphatic carbocycles. The molecule has 3 N–H and O–H groups in total. The molecule has 5 atom stereocenters. The molecule has 8 nitrogen and oxygen atoms in total. The first-order valence-electron chi connectivity index (χ1n) is 29.3. The average Bonchev–Trinajstić information content (AvgIpc) is 4.28. The summed E-state index contributed by atoms with van der Waals surface area (Å²) >= 11 is 0. The molecule has 8 aliphatic rings. The van der Waals surface area contributed by atoms with Crippen LogP contribution in [0.2, 0.25) is 0 Å². The molecule has 0 aromatic carbocycles. The normalized spacial score (nSPS) is 26.3. The second kappa shape index (κ2) is 24.9. The van der Waals surface area contributed by atoms with Gasteiger partial charge in [0.2, 0.25) is 0 Å². The van der Waals surface area contributed by atoms with Gasteiger partial charge in [-0.3, -0.25) is 4.79 Å². The molecule has 0 unspecified atom stereocenters. The van der Waals surface area contributed by atoms with Crippen molar-refractivity contribution in [2.75, 3.05) is 0 Å². The molecule has 5 aliphatic heterocycles. The van der Waals surface area contributed by atoms with Crippen LogP contribution in [0.4, 0.5) is 0 Å². The van der Waals surface area contributed by atoms with Gasteiger partial charge in [-0.15, -0.1) is 0 Å². The lowest BCUT2D eigenvalue weighted by Gasteiger charge is -2.38. The van der Waals surface area contributed by atoms with Gasteiger partial charge in [0.15, 0.2) is 0 Å². The number of aliphatic hydroxyl groups is 2. The van der Waals surface area contributed by atoms with Crippen LogP contribution in [0.25, 0.3) is 0 Å². The minimum absolute atomic E-state index is 0.0237. The highest BCUT2D eigenvalue weighted by Crippen LogP contribution is 2.48. The summed E-state index contributed by atoms with van der Waals surface area (Å²) in [5.41, 5.74) is 22.4. The van der Waals surface area contributed by atoms with E-state index in [0.717, 1.165) is 109 Å². The quantitative estimate of drug-likeness (QED) is 0.0809. The van der Waals surface area contributed by atoms with Gasteiger partial charge in [0.05, 0.1) is 40.3 Å². The van der Waals surface area contributed by atoms with E-state index in [9.17, 15) is 15.0 Å². The third-order valence-electron chi connectivity index (χ3n) is 17.6. The van der Waals surface area contributed by atoms with Crippen LogP contribution in [-0.2, 0) is 9.53 Å². The smallest absolute Gasteiger partial charge is 0.306 e. The molecule has 0 amide bonds. The molecular weight excluding hydrogens is 997 g/mol. The number of nitrogens with one attached hydrogen (secondary N) is 1. The number of ether oxygens (including phenoxy) is 1. The molecule has 81 heavy (non-hydrogen) atoms. The van der Waals surface area contributed by atoms with Crippen LogP contribution in [0.3, 0.4) is 0 Å². The molecule has 0 aromatic rings. The average molecular weight is 1090 g/mol. The number of aliphatic imine (C=N–C) groups is 3. The molecule has 8 rings (SSSR count). The molecule has 1 saturated heterocycles. The van der Waals surface area contributed by atoms with Gasteiger partial charge in [0, 0.05) is 65.1 Å². The Labute approximate surface area is 484 Å². The molecule has 0 aromatic heterocycles. The number of carbonyl (C=O) groups is 1. The highest BCUT2D eigenvalue weighted by molar-refractivity contribution is 6.21. The first-order chi connectivity index (χ1) is 38.4. The van der Waals surface area contributed by atoms with Gasteiger partial charge >= 0.3 is 5.97 Å². The Bertz CT molecular complexity index is 3400. The van der Waals surface area contributed by atoms with Crippen LogP contribution in [0, 0.1) is 28.6 Å². The maximum absolute atomic E-state index is 14.0. The first-order valence-corrected chi connectivity index (χ1v) is 29.3. The van der Waals surface area contributed by atoms with Crippen molar-refractivity contribution in [2.24, 2.45) is 43.6 Å². The maximum Gasteiger partial charge on any atom is 0.306 e. The van der Waals surface area contributed by atoms with E-state index in [0.29, 0.717) is 30.9 Å². The Morgan fingerprint density at radius 3 is 2.07 bits per heavy atom. The zero-order valence-corrected chi connectivity index (χ0v) is 51.1. The van der Waals surface area contributed by atoms with Gasteiger partial charge in [0.25, 0.3) is 0 Å². The standard InChI is InChI=1S/C73H88N4O4/c1-17-55-49(9)61-38-63-51(11)57(70(76-63)58-37-67(79)69-52(12)64(77-71(58)69)40-66-56(18-2)50(10)62(75-66)39-65(55)74-61)31-34-68(80)81-54-36-48(8)60(73(15,16)42-54)33-30-46(6)28-22-26-44(4)24-20-19-23-43(3)25-21-27-45(5)29-32-59-47(7)35-53(78)41-72(59,13)14/h17,19-30,32-33,35,38-40,51,53-54,57,59,76,78-79H,1,18,31,34,36-37,41-42H2,2-16H3/b20-19+,25-21+,26-22+,32-29+,33-30+,43-23+,44-24+,45-27+,46-28+,63-38?,65-39?,66-40?,70-58?/t51-,53-,54+,57-,59-/m0/s1. The fraction of sp³-hybridized carbons (Fsp3) is 0.397. The SMILES string of the molecule is C=CC1=C(C)C2=NC1=CC1=NC(=CC3=C(C)C4=C(O)CC(=C5NC(=C2)[C@@H](C)[C@@H]5CCC(=O)O[C@@H]2CC(C)=C(/C=C/C(C)=C/C=C/C(C)=C/C=C/C=C(C)/C=C/C=C(C)/C=C/[C@H]5C(C)=C[C@H](O)CC5(C)C)C(C)(C)C2)C4=N3)C(CC)=C1C. The van der Waals surface area contributed by atoms with Crippen LogP contribution in [0.15, 0.2) is 249 Å². The van der Waals surface area contributed by atoms with Gasteiger partial charge < -0.3 is 20.3 Å². The highest BCUT2D eigenvalue weighted by Gasteiger charge is 2.42. The number of hydrogen-bond donors (Lipinski definition) is 3. The first kappa shape index (κ1) is 59.9. The zero-order chi connectivity index (χ0) is 58.7. The van der Waals surface area contributed by atoms with Crippen molar-refractivity contribution < 1.29 is 19.7 Å². The minimum atomic E-state index is -0.353. The molecule has 8 heteroatoms. The van der Waals surface area contributed by atoms with Gasteiger partial charge in [-0.25, -0.2) is 15.0 Å². The van der Waals surface area contributed by atoms with Crippen molar-refractivity contribution in [3.8, 4) is 0 Å². The van der Waals surface area contributed by atoms with E-state index in [-0.39, 0.29) is 47.3 Å². The van der Waals surface area contributed by atoms with Crippen molar-refractivity contribution in [2.45, 2.75) is 161 Å². The summed E-state index contributed by atoms with van der Waals surface area (Å²) in [6, 6.07) is 0. The molecule has 1 fully saturated rings. The third kappa shape index (κ3) is 13.5. The number of carbonyl (C=O) groups excluding carboxylic acids is 1. The molecule has 5 heterocycles. The summed E-state index contributed by atoms with van der Waals surface area (Å²) in [6.45, 7) is 36.5. The van der Waals surface area contributed by atoms with E-state index in [2.05, 4.69) is 212 Å². The lowest BCUT2D eigenvalue weighted by atomic mass is 9.67. The van der Waals surface area contributed by atoms with Crippen molar-refractivity contribution in [1.82, 2.24) is 5.32 Å². The van der Waals surface area contributed by atoms with Crippen molar-refractivity contribution in [1.29, 1.82) is 0 Å². The Hall–Kier alpha value is -7.16. The molecule has 0 saturated carbocycles. The largest absolute Gasteiger partial charge is 0.511 e. The summed E-state index contributed by atoms with van der Waals surface area (Å²) in [7, 11) is 0. The van der Waals surface area contributed by atoms with E-state index < -0.39 is 0 Å². The number of nitrogens with zero attached hydrogens (tertiary/aromatic N) is 3. The van der Waals surface area contributed by atoms with E-state index in [4.69, 9.17) is 19.7 Å². The minimum Gasteiger partial charge on any atom is -0.511 e. The number of fused-ring (bicyclic) bond motifs is 5. The van der Waals surface area contributed by atoms with Gasteiger partial charge in [-0.05, 0) is 145 Å². The maximum atomic E-state index is 14.0. The van der Waals surface area contributed by atoms with Crippen molar-refractivity contribution in [3.05, 3.63) is 234 Å². The number of aliphatic hydroxyl groups excluding tert-OH is 2. The lowest BCUT2D eigenvalue weighted by Crippen LogP contribution is -2.32. The zero-order valence-electron chi connectivity index (χ0n) is 51.1. The fourth-order valence-electron chi connectivity index (χ4n) is 13.1. The van der Waals surface area contributed by atoms with E-state index in [1.54, 1.807) is 0 Å². The second-order valence-corrected chi connectivity index (χ2v) is 25.0. The molecule has 8 bridgehead atoms. The lowest BCUT2D eigenvalue weighted by molar-refractivity contribution is -0.150. The summed E-state index contributed by atoms with van der Waals surface area (Å²) in [6.07, 6.45) is 43.8. The van der Waals surface area contributed by atoms with Crippen LogP contribution in [-0.4, -0.2) is 45.5 Å². The number of esters is 1. The number of rotatable bonds is 16. The van der Waals surface area contributed by atoms with Gasteiger partial charge in [0.1, 0.15) is 11.9 Å². The molecular formula is C73H88N4O4. The monoisotopic (exact) mass is 1080 g/mol. The topological polar surface area (TPSA) is 116 Å². The van der Waals surface area contributed by atoms with Crippen molar-refractivity contribution in [3.63, 3.8) is 0 Å². The predicted molar refractivity (Wildman–Crippen MR) is 339 cm³/mol. The third-order valence-corrected chi connectivity index (χ3v) is 17.6. The number of hydrogen-bond acceptors (Lipinski definition) is 8. The molecule has 0 spiro atoms. The Morgan fingerprint density at radius 2 is 1.43 bits per heavy atom. The molecule has 0 radical (unpaired) electrons. The Balaban J connectivity index is 0.888. The van der Waals surface area contributed by atoms with Crippen LogP contribution in [0.5, 0.6) is 0 Å². The van der Waals surface area contributed by atoms with Gasteiger partial charge in [-0.1, -0.05) is 179 Å². The summed E-state index contributed by atoms with van der Waals surface area (Å²) in [5.74, 6) is 0.428. The van der Waals surface area contributed by atoms with Gasteiger partial charge in [-0.2, -0.15) is 0 Å². The fourth-order valence-corrected chi connectivity index (χ4v) is 13.1. The van der Waals surface area contributed by atoms with Crippen LogP contribution in [0.1, 0.15) is 149 Å². The summed E-state index contributed by atoms with van der Waals surface area (Å²) in [5, 5.41) is 25.6. The predicted octanol–water partition coefficient (Wildman–Crippen LogP) is 17.6. The van der Waals surface area contributed by atoms with E-state index >= 15 is 0 Å². The Morgan fingerprint density at radius 1 is 0.802 bits per heavy atom. The summed E-state index contributed by atoms with van der Waals surface area (Å²) in [4.78, 5) is 29.5. The number of allylic oxidation sites excluding steroid dienone is 32. The molecule has 424 valence electrons. The summed E-state index contributed by atoms with van der Waals surface area (Å²) < 4.78 is 6.36. The second-order valence-electron chi connectivity index (χ2n) is 25.0. The van der Waals surface area contributed by atoms with E-state index in [1.807, 2.05) is 19.1 Å². The van der Waals surface area contributed by atoms with Crippen molar-refractivity contribution >= 4 is 23.1 Å².